The van der Waals surface area contributed by atoms with E-state index in [1.807, 2.05) is 4.89 Å². The molecule has 1 N–H and O–H groups in total. The highest BCUT2D eigenvalue weighted by Crippen LogP contribution is 2.37. The number of nitrogens with one attached hydrogen (secondary N) is 1. The highest BCUT2D eigenvalue weighted by Gasteiger charge is 2.24. The molecule has 0 aromatic heterocycles. The first-order valence-corrected chi connectivity index (χ1v) is 10.8. The van der Waals surface area contributed by atoms with Crippen LogP contribution in [0.15, 0.2) is 80.6 Å². The lowest BCUT2D eigenvalue weighted by atomic mass is 10.0. The molecule has 0 saturated heterocycles. The first-order chi connectivity index (χ1) is 13.3. The second-order valence-corrected chi connectivity index (χ2v) is 9.04. The van der Waals surface area contributed by atoms with Crippen molar-refractivity contribution in [3.8, 4) is 16.9 Å². The van der Waals surface area contributed by atoms with E-state index in [-0.39, 0.29) is 16.3 Å². The van der Waals surface area contributed by atoms with Crippen LogP contribution in [0.1, 0.15) is 0 Å². The molecule has 0 amide bonds. The number of rotatable bonds is 6. The molecule has 0 unspecified atom stereocenters. The molecule has 10 heteroatoms. The van der Waals surface area contributed by atoms with Gasteiger partial charge in [0.2, 0.25) is 5.75 Å². The van der Waals surface area contributed by atoms with Gasteiger partial charge < -0.3 is 4.84 Å². The summed E-state index contributed by atoms with van der Waals surface area (Å²) in [5, 5.41) is 11.6. The van der Waals surface area contributed by atoms with Crippen LogP contribution in [0.2, 0.25) is 0 Å². The Hall–Kier alpha value is -2.27. The van der Waals surface area contributed by atoms with Crippen molar-refractivity contribution in [3.05, 3.63) is 85.8 Å². The van der Waals surface area contributed by atoms with Gasteiger partial charge in [0, 0.05) is 8.95 Å². The summed E-state index contributed by atoms with van der Waals surface area (Å²) in [6, 6.07) is 17.2. The van der Waals surface area contributed by atoms with E-state index in [9.17, 15) is 18.5 Å². The van der Waals surface area contributed by atoms with Gasteiger partial charge in [-0.25, -0.2) is 8.42 Å². The average Bonchev–Trinajstić information content (AvgIpc) is 2.67. The summed E-state index contributed by atoms with van der Waals surface area (Å²) in [5.74, 6) is -0.217. The van der Waals surface area contributed by atoms with Crippen molar-refractivity contribution in [2.75, 3.05) is 0 Å². The molecule has 0 saturated carbocycles. The third-order valence-electron chi connectivity index (χ3n) is 3.72. The Labute approximate surface area is 177 Å². The fourth-order valence-corrected chi connectivity index (χ4v) is 3.74. The zero-order chi connectivity index (χ0) is 20.3. The summed E-state index contributed by atoms with van der Waals surface area (Å²) in [7, 11) is -4.02. The van der Waals surface area contributed by atoms with Crippen LogP contribution in [-0.4, -0.2) is 13.3 Å². The minimum absolute atomic E-state index is 0.0394. The van der Waals surface area contributed by atoms with E-state index in [0.717, 1.165) is 4.47 Å². The van der Waals surface area contributed by atoms with Crippen molar-refractivity contribution in [1.29, 1.82) is 0 Å². The van der Waals surface area contributed by atoms with E-state index in [2.05, 4.69) is 31.9 Å². The van der Waals surface area contributed by atoms with E-state index in [0.29, 0.717) is 15.6 Å². The maximum atomic E-state index is 12.4. The molecule has 3 aromatic carbocycles. The van der Waals surface area contributed by atoms with Crippen LogP contribution in [0.4, 0.5) is 5.69 Å². The molecule has 0 aliphatic heterocycles. The summed E-state index contributed by atoms with van der Waals surface area (Å²) >= 11 is 6.54. The van der Waals surface area contributed by atoms with Crippen molar-refractivity contribution < 1.29 is 18.2 Å². The molecule has 0 fully saturated rings. The van der Waals surface area contributed by atoms with Crippen LogP contribution in [0.5, 0.6) is 5.75 Å². The summed E-state index contributed by atoms with van der Waals surface area (Å²) in [6.07, 6.45) is 0. The van der Waals surface area contributed by atoms with E-state index in [1.165, 1.54) is 18.2 Å². The van der Waals surface area contributed by atoms with Gasteiger partial charge in [-0.3, -0.25) is 10.1 Å². The van der Waals surface area contributed by atoms with E-state index >= 15 is 0 Å². The Kier molecular flexibility index (Phi) is 6.14. The number of hydrogen-bond donors (Lipinski definition) is 1. The number of para-hydroxylation sites is 1. The fourth-order valence-electron chi connectivity index (χ4n) is 2.42. The molecule has 3 rings (SSSR count). The minimum Gasteiger partial charge on any atom is -0.386 e. The molecule has 0 aliphatic rings. The Balaban J connectivity index is 1.94. The van der Waals surface area contributed by atoms with Gasteiger partial charge in [0.25, 0.3) is 10.0 Å². The van der Waals surface area contributed by atoms with Crippen LogP contribution >= 0.6 is 31.9 Å². The van der Waals surface area contributed by atoms with Crippen LogP contribution in [-0.2, 0) is 10.0 Å². The predicted molar refractivity (Wildman–Crippen MR) is 111 cm³/mol. The number of benzene rings is 3. The van der Waals surface area contributed by atoms with Gasteiger partial charge >= 0.3 is 5.69 Å². The number of nitro groups is 1. The second-order valence-electron chi connectivity index (χ2n) is 5.56. The Bertz CT molecular complexity index is 1120. The van der Waals surface area contributed by atoms with Crippen molar-refractivity contribution in [2.45, 2.75) is 4.90 Å². The summed E-state index contributed by atoms with van der Waals surface area (Å²) in [5.41, 5.74) is 0.553. The molecular weight excluding hydrogens is 516 g/mol. The van der Waals surface area contributed by atoms with Gasteiger partial charge in [0.15, 0.2) is 0 Å². The third-order valence-corrected chi connectivity index (χ3v) is 5.97. The highest BCUT2D eigenvalue weighted by molar-refractivity contribution is 9.10. The first-order valence-electron chi connectivity index (χ1n) is 7.75. The van der Waals surface area contributed by atoms with Crippen molar-refractivity contribution >= 4 is 47.6 Å². The number of nitrogens with zero attached hydrogens (tertiary/aromatic N) is 1. The van der Waals surface area contributed by atoms with Gasteiger partial charge in [-0.15, -0.1) is 0 Å². The lowest BCUT2D eigenvalue weighted by Gasteiger charge is -2.11. The largest absolute Gasteiger partial charge is 0.386 e. The van der Waals surface area contributed by atoms with Gasteiger partial charge in [0.1, 0.15) is 0 Å². The zero-order valence-electron chi connectivity index (χ0n) is 14.0. The molecule has 0 spiro atoms. The van der Waals surface area contributed by atoms with Crippen molar-refractivity contribution in [2.24, 2.45) is 0 Å². The third kappa shape index (κ3) is 4.58. The number of sulfonamides is 1. The quantitative estimate of drug-likeness (QED) is 0.357. The monoisotopic (exact) mass is 526 g/mol. The lowest BCUT2D eigenvalue weighted by Crippen LogP contribution is -2.27. The van der Waals surface area contributed by atoms with Crippen molar-refractivity contribution in [3.63, 3.8) is 0 Å². The van der Waals surface area contributed by atoms with E-state index in [4.69, 9.17) is 4.84 Å². The summed E-state index contributed by atoms with van der Waals surface area (Å²) in [6.45, 7) is 0. The van der Waals surface area contributed by atoms with Crippen LogP contribution < -0.4 is 9.72 Å². The Morgan fingerprint density at radius 3 is 2.04 bits per heavy atom. The van der Waals surface area contributed by atoms with Gasteiger partial charge in [-0.2, -0.15) is 0 Å². The molecular formula is C18H12Br2N2O5S. The normalized spacial score (nSPS) is 11.2. The van der Waals surface area contributed by atoms with Gasteiger partial charge in [0.05, 0.1) is 15.4 Å². The molecule has 0 heterocycles. The lowest BCUT2D eigenvalue weighted by molar-refractivity contribution is -0.385. The number of hydrogen-bond acceptors (Lipinski definition) is 5. The maximum Gasteiger partial charge on any atom is 0.321 e. The maximum absolute atomic E-state index is 12.4. The highest BCUT2D eigenvalue weighted by atomic mass is 79.9. The number of halogens is 2. The zero-order valence-corrected chi connectivity index (χ0v) is 18.0. The van der Waals surface area contributed by atoms with E-state index in [1.54, 1.807) is 48.5 Å². The van der Waals surface area contributed by atoms with Crippen LogP contribution in [0.25, 0.3) is 11.1 Å². The second kappa shape index (κ2) is 8.39. The molecule has 3 aromatic rings. The Morgan fingerprint density at radius 1 is 0.893 bits per heavy atom. The Morgan fingerprint density at radius 2 is 1.46 bits per heavy atom. The standard InChI is InChI=1S/C18H12Br2N2O5S/c19-13-6-4-12(5-7-13)16-2-1-3-17(18(16)22(23)24)27-21-28(25,26)15-10-8-14(20)9-11-15/h1-11,21H. The molecule has 28 heavy (non-hydrogen) atoms. The SMILES string of the molecule is O=[N+]([O-])c1c(ONS(=O)(=O)c2ccc(Br)cc2)cccc1-c1ccc(Br)cc1. The van der Waals surface area contributed by atoms with Gasteiger partial charge in [-0.1, -0.05) is 50.1 Å². The van der Waals surface area contributed by atoms with Crippen molar-refractivity contribution in [1.82, 2.24) is 4.89 Å². The topological polar surface area (TPSA) is 98.5 Å². The van der Waals surface area contributed by atoms with Crippen LogP contribution in [0, 0.1) is 10.1 Å². The minimum atomic E-state index is -4.02. The molecule has 144 valence electrons. The van der Waals surface area contributed by atoms with E-state index < -0.39 is 14.9 Å². The first kappa shape index (κ1) is 20.5. The fraction of sp³-hybridized carbons (Fsp3) is 0. The van der Waals surface area contributed by atoms with Gasteiger partial charge in [-0.05, 0) is 59.0 Å². The smallest absolute Gasteiger partial charge is 0.321 e. The average molecular weight is 528 g/mol. The van der Waals surface area contributed by atoms with Crippen LogP contribution in [0.3, 0.4) is 0 Å². The molecule has 7 nitrogen and oxygen atoms in total. The molecule has 0 aliphatic carbocycles. The molecule has 0 radical (unpaired) electrons. The summed E-state index contributed by atoms with van der Waals surface area (Å²) in [4.78, 5) is 18.1. The number of nitro benzene ring substituents is 1. The molecule has 0 atom stereocenters. The molecule has 0 bridgehead atoms. The predicted octanol–water partition coefficient (Wildman–Crippen LogP) is 5.06. The summed E-state index contributed by atoms with van der Waals surface area (Å²) < 4.78 is 26.3.